The van der Waals surface area contributed by atoms with Gasteiger partial charge in [-0.05, 0) is 41.5 Å². The Morgan fingerprint density at radius 1 is 1.36 bits per heavy atom. The van der Waals surface area contributed by atoms with Gasteiger partial charge < -0.3 is 5.11 Å². The summed E-state index contributed by atoms with van der Waals surface area (Å²) >= 11 is 1.71. The fourth-order valence-electron chi connectivity index (χ4n) is 1.14. The van der Waals surface area contributed by atoms with Gasteiger partial charge in [-0.25, -0.2) is 0 Å². The summed E-state index contributed by atoms with van der Waals surface area (Å²) in [6.07, 6.45) is 0. The lowest BCUT2D eigenvalue weighted by Gasteiger charge is -1.92. The molecule has 2 aromatic rings. The minimum atomic E-state index is 0.346. The number of phenolic OH excluding ortho intramolecular Hbond substituents is 1. The summed E-state index contributed by atoms with van der Waals surface area (Å²) in [5.74, 6) is 0.346. The van der Waals surface area contributed by atoms with Crippen LogP contribution in [0.25, 0.3) is 10.1 Å². The SMILES string of the molecule is Cc1csc2ccc(O)cc12. The Morgan fingerprint density at radius 3 is 3.00 bits per heavy atom. The Morgan fingerprint density at radius 2 is 2.18 bits per heavy atom. The number of thiophene rings is 1. The Kier molecular flexibility index (Phi) is 1.36. The zero-order chi connectivity index (χ0) is 7.84. The predicted molar refractivity (Wildman–Crippen MR) is 48.2 cm³/mol. The fourth-order valence-corrected chi connectivity index (χ4v) is 2.07. The molecule has 0 aliphatic heterocycles. The zero-order valence-electron chi connectivity index (χ0n) is 6.16. The van der Waals surface area contributed by atoms with Gasteiger partial charge in [0.2, 0.25) is 0 Å². The highest BCUT2D eigenvalue weighted by Gasteiger charge is 1.99. The first-order valence-corrected chi connectivity index (χ1v) is 4.32. The number of hydrogen-bond acceptors (Lipinski definition) is 2. The van der Waals surface area contributed by atoms with E-state index in [2.05, 4.69) is 12.3 Å². The van der Waals surface area contributed by atoms with E-state index in [9.17, 15) is 5.11 Å². The largest absolute Gasteiger partial charge is 0.508 e. The van der Waals surface area contributed by atoms with E-state index in [-0.39, 0.29) is 0 Å². The van der Waals surface area contributed by atoms with Crippen molar-refractivity contribution in [2.75, 3.05) is 0 Å². The average molecular weight is 164 g/mol. The molecule has 1 nitrogen and oxygen atoms in total. The normalized spacial score (nSPS) is 10.6. The molecule has 1 N–H and O–H groups in total. The lowest BCUT2D eigenvalue weighted by Crippen LogP contribution is -1.67. The first-order chi connectivity index (χ1) is 5.27. The van der Waals surface area contributed by atoms with Gasteiger partial charge in [-0.1, -0.05) is 0 Å². The molecular formula is C9H8OS. The van der Waals surface area contributed by atoms with Crippen LogP contribution in [0.1, 0.15) is 5.56 Å². The standard InChI is InChI=1S/C9H8OS/c1-6-5-11-9-3-2-7(10)4-8(6)9/h2-5,10H,1H3. The number of fused-ring (bicyclic) bond motifs is 1. The van der Waals surface area contributed by atoms with E-state index in [1.807, 2.05) is 6.07 Å². The van der Waals surface area contributed by atoms with Gasteiger partial charge in [0.1, 0.15) is 5.75 Å². The molecule has 0 fully saturated rings. The third kappa shape index (κ3) is 0.994. The Balaban J connectivity index is 2.87. The second-order valence-electron chi connectivity index (χ2n) is 2.60. The molecule has 0 bridgehead atoms. The number of phenols is 1. The lowest BCUT2D eigenvalue weighted by atomic mass is 10.2. The Labute approximate surface area is 68.9 Å². The first-order valence-electron chi connectivity index (χ1n) is 3.44. The van der Waals surface area contributed by atoms with Crippen molar-refractivity contribution in [2.45, 2.75) is 6.92 Å². The van der Waals surface area contributed by atoms with Crippen LogP contribution in [0.3, 0.4) is 0 Å². The summed E-state index contributed by atoms with van der Waals surface area (Å²) in [6.45, 7) is 2.05. The molecule has 1 aromatic heterocycles. The molecular weight excluding hydrogens is 156 g/mol. The molecule has 11 heavy (non-hydrogen) atoms. The highest BCUT2D eigenvalue weighted by Crippen LogP contribution is 2.27. The number of aryl methyl sites for hydroxylation is 1. The summed E-state index contributed by atoms with van der Waals surface area (Å²) in [6, 6.07) is 5.47. The summed E-state index contributed by atoms with van der Waals surface area (Å²) in [7, 11) is 0. The van der Waals surface area contributed by atoms with Crippen LogP contribution in [0.5, 0.6) is 5.75 Å². The van der Waals surface area contributed by atoms with E-state index < -0.39 is 0 Å². The van der Waals surface area contributed by atoms with Crippen molar-refractivity contribution in [3.63, 3.8) is 0 Å². The molecule has 1 aromatic carbocycles. The highest BCUT2D eigenvalue weighted by molar-refractivity contribution is 7.17. The molecule has 2 rings (SSSR count). The molecule has 0 spiro atoms. The van der Waals surface area contributed by atoms with Crippen LogP contribution in [0.4, 0.5) is 0 Å². The van der Waals surface area contributed by atoms with Crippen molar-refractivity contribution in [3.05, 3.63) is 29.1 Å². The minimum absolute atomic E-state index is 0.346. The third-order valence-corrected chi connectivity index (χ3v) is 2.83. The highest BCUT2D eigenvalue weighted by atomic mass is 32.1. The molecule has 56 valence electrons. The summed E-state index contributed by atoms with van der Waals surface area (Å²) in [4.78, 5) is 0. The van der Waals surface area contributed by atoms with Crippen LogP contribution < -0.4 is 0 Å². The molecule has 0 radical (unpaired) electrons. The Bertz CT molecular complexity index is 389. The van der Waals surface area contributed by atoms with E-state index in [4.69, 9.17) is 0 Å². The third-order valence-electron chi connectivity index (χ3n) is 1.75. The molecule has 1 heterocycles. The molecule has 2 heteroatoms. The molecule has 0 saturated carbocycles. The van der Waals surface area contributed by atoms with Crippen molar-refractivity contribution in [3.8, 4) is 5.75 Å². The van der Waals surface area contributed by atoms with Crippen LogP contribution in [0, 0.1) is 6.92 Å². The van der Waals surface area contributed by atoms with Crippen LogP contribution in [0.15, 0.2) is 23.6 Å². The summed E-state index contributed by atoms with van der Waals surface area (Å²) in [5.41, 5.74) is 1.24. The Hall–Kier alpha value is -1.02. The maximum atomic E-state index is 9.18. The van der Waals surface area contributed by atoms with Gasteiger partial charge in [-0.3, -0.25) is 0 Å². The number of aromatic hydroxyl groups is 1. The van der Waals surface area contributed by atoms with E-state index in [1.165, 1.54) is 10.3 Å². The molecule has 0 atom stereocenters. The number of hydrogen-bond donors (Lipinski definition) is 1. The molecule has 0 saturated heterocycles. The van der Waals surface area contributed by atoms with Gasteiger partial charge >= 0.3 is 0 Å². The maximum Gasteiger partial charge on any atom is 0.116 e. The molecule has 0 aliphatic rings. The second-order valence-corrected chi connectivity index (χ2v) is 3.51. The smallest absolute Gasteiger partial charge is 0.116 e. The van der Waals surface area contributed by atoms with E-state index in [0.29, 0.717) is 5.75 Å². The van der Waals surface area contributed by atoms with Crippen molar-refractivity contribution in [1.82, 2.24) is 0 Å². The average Bonchev–Trinajstić information content (AvgIpc) is 2.33. The van der Waals surface area contributed by atoms with Gasteiger partial charge in [-0.15, -0.1) is 11.3 Å². The summed E-state index contributed by atoms with van der Waals surface area (Å²) < 4.78 is 1.24. The monoisotopic (exact) mass is 164 g/mol. The van der Waals surface area contributed by atoms with E-state index in [1.54, 1.807) is 23.5 Å². The molecule has 0 unspecified atom stereocenters. The van der Waals surface area contributed by atoms with Crippen LogP contribution in [-0.2, 0) is 0 Å². The van der Waals surface area contributed by atoms with E-state index >= 15 is 0 Å². The quantitative estimate of drug-likeness (QED) is 0.634. The fraction of sp³-hybridized carbons (Fsp3) is 0.111. The van der Waals surface area contributed by atoms with Gasteiger partial charge in [0.05, 0.1) is 0 Å². The first kappa shape index (κ1) is 6.68. The van der Waals surface area contributed by atoms with Gasteiger partial charge in [0.15, 0.2) is 0 Å². The van der Waals surface area contributed by atoms with E-state index in [0.717, 1.165) is 5.39 Å². The van der Waals surface area contributed by atoms with Crippen molar-refractivity contribution in [2.24, 2.45) is 0 Å². The minimum Gasteiger partial charge on any atom is -0.508 e. The number of rotatable bonds is 0. The number of benzene rings is 1. The van der Waals surface area contributed by atoms with Crippen molar-refractivity contribution >= 4 is 21.4 Å². The van der Waals surface area contributed by atoms with Gasteiger partial charge in [-0.2, -0.15) is 0 Å². The molecule has 0 amide bonds. The zero-order valence-corrected chi connectivity index (χ0v) is 6.98. The summed E-state index contributed by atoms with van der Waals surface area (Å²) in [5, 5.41) is 12.4. The molecule has 0 aliphatic carbocycles. The second kappa shape index (κ2) is 2.24. The predicted octanol–water partition coefficient (Wildman–Crippen LogP) is 2.92. The van der Waals surface area contributed by atoms with Crippen molar-refractivity contribution < 1.29 is 5.11 Å². The lowest BCUT2D eigenvalue weighted by molar-refractivity contribution is 0.476. The topological polar surface area (TPSA) is 20.2 Å². The maximum absolute atomic E-state index is 9.18. The van der Waals surface area contributed by atoms with Crippen LogP contribution >= 0.6 is 11.3 Å². The van der Waals surface area contributed by atoms with Crippen LogP contribution in [-0.4, -0.2) is 5.11 Å². The van der Waals surface area contributed by atoms with Crippen LogP contribution in [0.2, 0.25) is 0 Å². The van der Waals surface area contributed by atoms with Crippen molar-refractivity contribution in [1.29, 1.82) is 0 Å². The van der Waals surface area contributed by atoms with Gasteiger partial charge in [0.25, 0.3) is 0 Å². The van der Waals surface area contributed by atoms with Gasteiger partial charge in [0, 0.05) is 4.70 Å².